The van der Waals surface area contributed by atoms with E-state index >= 15 is 0 Å². The van der Waals surface area contributed by atoms with Crippen LogP contribution in [0.15, 0.2) is 60.0 Å². The molecular weight excluding hydrogens is 349 g/mol. The number of alkyl halides is 3. The number of rotatable bonds is 4. The third-order valence-electron chi connectivity index (χ3n) is 3.41. The molecule has 0 radical (unpaired) electrons. The number of hydrogen-bond donors (Lipinski definition) is 1. The van der Waals surface area contributed by atoms with Crippen molar-refractivity contribution in [2.75, 3.05) is 5.32 Å². The minimum Gasteiger partial charge on any atom is -0.326 e. The summed E-state index contributed by atoms with van der Waals surface area (Å²) in [6.07, 6.45) is -4.26. The molecule has 0 fully saturated rings. The molecule has 0 spiro atoms. The van der Waals surface area contributed by atoms with E-state index < -0.39 is 11.7 Å². The van der Waals surface area contributed by atoms with Crippen LogP contribution in [0.1, 0.15) is 11.3 Å². The van der Waals surface area contributed by atoms with Gasteiger partial charge in [0.05, 0.1) is 17.7 Å². The van der Waals surface area contributed by atoms with Gasteiger partial charge in [0.15, 0.2) is 0 Å². The maximum absolute atomic E-state index is 12.6. The highest BCUT2D eigenvalue weighted by molar-refractivity contribution is 7.13. The molecule has 0 atom stereocenters. The number of nitrogens with zero attached hydrogens (tertiary/aromatic N) is 1. The smallest absolute Gasteiger partial charge is 0.326 e. The Hall–Kier alpha value is -2.67. The lowest BCUT2D eigenvalue weighted by atomic mass is 10.1. The van der Waals surface area contributed by atoms with Crippen LogP contribution in [0, 0.1) is 0 Å². The summed E-state index contributed by atoms with van der Waals surface area (Å²) >= 11 is 1.29. The Balaban J connectivity index is 1.67. The van der Waals surface area contributed by atoms with Crippen molar-refractivity contribution in [3.8, 4) is 10.6 Å². The lowest BCUT2D eigenvalue weighted by Gasteiger charge is -2.06. The summed E-state index contributed by atoms with van der Waals surface area (Å²) in [5.41, 5.74) is 1.17. The average Bonchev–Trinajstić information content (AvgIpc) is 3.03. The lowest BCUT2D eigenvalue weighted by Crippen LogP contribution is -2.14. The average molecular weight is 362 g/mol. The van der Waals surface area contributed by atoms with Gasteiger partial charge in [0, 0.05) is 16.6 Å². The molecule has 0 unspecified atom stereocenters. The van der Waals surface area contributed by atoms with E-state index in [1.54, 1.807) is 17.5 Å². The van der Waals surface area contributed by atoms with E-state index in [1.165, 1.54) is 23.5 Å². The van der Waals surface area contributed by atoms with E-state index in [2.05, 4.69) is 10.3 Å². The van der Waals surface area contributed by atoms with Crippen molar-refractivity contribution in [1.82, 2.24) is 4.98 Å². The summed E-state index contributed by atoms with van der Waals surface area (Å²) < 4.78 is 37.8. The number of para-hydroxylation sites is 1. The highest BCUT2D eigenvalue weighted by Crippen LogP contribution is 2.31. The molecule has 0 bridgehead atoms. The Kier molecular flexibility index (Phi) is 4.85. The summed E-state index contributed by atoms with van der Waals surface area (Å²) in [6, 6.07) is 13.9. The normalized spacial score (nSPS) is 11.3. The quantitative estimate of drug-likeness (QED) is 0.709. The van der Waals surface area contributed by atoms with Crippen LogP contribution in [-0.2, 0) is 17.4 Å². The molecule has 0 aliphatic rings. The number of thiazole rings is 1. The van der Waals surface area contributed by atoms with Crippen LogP contribution in [0.2, 0.25) is 0 Å². The zero-order chi connectivity index (χ0) is 17.9. The van der Waals surface area contributed by atoms with Crippen molar-refractivity contribution in [1.29, 1.82) is 0 Å². The summed E-state index contributed by atoms with van der Waals surface area (Å²) in [7, 11) is 0. The van der Waals surface area contributed by atoms with E-state index in [4.69, 9.17) is 0 Å². The van der Waals surface area contributed by atoms with E-state index in [1.807, 2.05) is 18.2 Å². The molecule has 0 aliphatic carbocycles. The van der Waals surface area contributed by atoms with Crippen molar-refractivity contribution in [3.63, 3.8) is 0 Å². The van der Waals surface area contributed by atoms with Crippen LogP contribution >= 0.6 is 11.3 Å². The minimum atomic E-state index is -4.36. The third kappa shape index (κ3) is 4.45. The fourth-order valence-electron chi connectivity index (χ4n) is 2.21. The van der Waals surface area contributed by atoms with E-state index in [9.17, 15) is 18.0 Å². The SMILES string of the molecule is O=C(Cc1csc(-c2ccc(C(F)(F)F)cc2)n1)Nc1ccccc1. The molecule has 3 nitrogen and oxygen atoms in total. The molecular formula is C18H13F3N2OS. The monoisotopic (exact) mass is 362 g/mol. The van der Waals surface area contributed by atoms with Crippen LogP contribution in [0.3, 0.4) is 0 Å². The summed E-state index contributed by atoms with van der Waals surface area (Å²) in [6.45, 7) is 0. The number of nitrogens with one attached hydrogen (secondary N) is 1. The second kappa shape index (κ2) is 7.06. The molecule has 3 aromatic rings. The summed E-state index contributed by atoms with van der Waals surface area (Å²) in [5.74, 6) is -0.199. The summed E-state index contributed by atoms with van der Waals surface area (Å²) in [5, 5.41) is 5.08. The molecule has 1 aromatic heterocycles. The fraction of sp³-hybridized carbons (Fsp3) is 0.111. The molecule has 2 aromatic carbocycles. The van der Waals surface area contributed by atoms with E-state index in [0.29, 0.717) is 22.0 Å². The van der Waals surface area contributed by atoms with Crippen LogP contribution in [0.25, 0.3) is 10.6 Å². The molecule has 0 saturated heterocycles. The van der Waals surface area contributed by atoms with Gasteiger partial charge in [0.1, 0.15) is 5.01 Å². The number of aromatic nitrogens is 1. The molecule has 0 saturated carbocycles. The number of amides is 1. The Morgan fingerprint density at radius 3 is 2.36 bits per heavy atom. The van der Waals surface area contributed by atoms with Crippen LogP contribution in [0.5, 0.6) is 0 Å². The van der Waals surface area contributed by atoms with Gasteiger partial charge in [-0.2, -0.15) is 13.2 Å². The third-order valence-corrected chi connectivity index (χ3v) is 4.35. The van der Waals surface area contributed by atoms with Gasteiger partial charge in [-0.1, -0.05) is 30.3 Å². The Morgan fingerprint density at radius 1 is 1.04 bits per heavy atom. The second-order valence-electron chi connectivity index (χ2n) is 5.31. The predicted octanol–water partition coefficient (Wildman–Crippen LogP) is 5.01. The first-order valence-corrected chi connectivity index (χ1v) is 8.27. The largest absolute Gasteiger partial charge is 0.416 e. The van der Waals surface area contributed by atoms with Gasteiger partial charge in [-0.3, -0.25) is 4.79 Å². The molecule has 3 rings (SSSR count). The van der Waals surface area contributed by atoms with Gasteiger partial charge in [-0.05, 0) is 24.3 Å². The number of carbonyl (C=O) groups is 1. The van der Waals surface area contributed by atoms with Crippen molar-refractivity contribution in [2.24, 2.45) is 0 Å². The second-order valence-corrected chi connectivity index (χ2v) is 6.17. The molecule has 0 aliphatic heterocycles. The van der Waals surface area contributed by atoms with Crippen LogP contribution in [0.4, 0.5) is 18.9 Å². The molecule has 25 heavy (non-hydrogen) atoms. The highest BCUT2D eigenvalue weighted by Gasteiger charge is 2.30. The van der Waals surface area contributed by atoms with Crippen LogP contribution in [-0.4, -0.2) is 10.9 Å². The van der Waals surface area contributed by atoms with Crippen molar-refractivity contribution >= 4 is 22.9 Å². The fourth-order valence-corrected chi connectivity index (χ4v) is 3.04. The Morgan fingerprint density at radius 2 is 1.72 bits per heavy atom. The maximum atomic E-state index is 12.6. The highest BCUT2D eigenvalue weighted by atomic mass is 32.1. The number of halogens is 3. The topological polar surface area (TPSA) is 42.0 Å². The number of hydrogen-bond acceptors (Lipinski definition) is 3. The van der Waals surface area contributed by atoms with Gasteiger partial charge in [0.25, 0.3) is 0 Å². The predicted molar refractivity (Wildman–Crippen MR) is 91.3 cm³/mol. The molecule has 1 amide bonds. The van der Waals surface area contributed by atoms with Gasteiger partial charge in [-0.25, -0.2) is 4.98 Å². The molecule has 128 valence electrons. The zero-order valence-electron chi connectivity index (χ0n) is 12.9. The van der Waals surface area contributed by atoms with Gasteiger partial charge in [-0.15, -0.1) is 11.3 Å². The van der Waals surface area contributed by atoms with Gasteiger partial charge >= 0.3 is 6.18 Å². The summed E-state index contributed by atoms with van der Waals surface area (Å²) in [4.78, 5) is 16.3. The molecule has 1 heterocycles. The maximum Gasteiger partial charge on any atom is 0.416 e. The van der Waals surface area contributed by atoms with E-state index in [0.717, 1.165) is 12.1 Å². The lowest BCUT2D eigenvalue weighted by molar-refractivity contribution is -0.137. The molecule has 1 N–H and O–H groups in total. The molecule has 7 heteroatoms. The standard InChI is InChI=1S/C18H13F3N2OS/c19-18(20,21)13-8-6-12(7-9-13)17-23-15(11-25-17)10-16(24)22-14-4-2-1-3-5-14/h1-9,11H,10H2,(H,22,24). The van der Waals surface area contributed by atoms with Crippen LogP contribution < -0.4 is 5.32 Å². The minimum absolute atomic E-state index is 0.103. The van der Waals surface area contributed by atoms with Gasteiger partial charge < -0.3 is 5.32 Å². The van der Waals surface area contributed by atoms with Crippen molar-refractivity contribution in [2.45, 2.75) is 12.6 Å². The van der Waals surface area contributed by atoms with E-state index in [-0.39, 0.29) is 12.3 Å². The zero-order valence-corrected chi connectivity index (χ0v) is 13.7. The van der Waals surface area contributed by atoms with Crippen molar-refractivity contribution in [3.05, 3.63) is 71.2 Å². The Bertz CT molecular complexity index is 858. The van der Waals surface area contributed by atoms with Crippen molar-refractivity contribution < 1.29 is 18.0 Å². The number of benzene rings is 2. The first-order chi connectivity index (χ1) is 11.9. The number of carbonyl (C=O) groups excluding carboxylic acids is 1. The number of anilines is 1. The Labute approximate surface area is 146 Å². The van der Waals surface area contributed by atoms with Gasteiger partial charge in [0.2, 0.25) is 5.91 Å². The first-order valence-electron chi connectivity index (χ1n) is 7.39. The first kappa shape index (κ1) is 17.2.